The van der Waals surface area contributed by atoms with Crippen LogP contribution in [0.15, 0.2) is 0 Å². The Labute approximate surface area is 59.0 Å². The topological polar surface area (TPSA) is 29.3 Å². The zero-order valence-corrected chi connectivity index (χ0v) is 7.09. The van der Waals surface area contributed by atoms with Crippen LogP contribution in [-0.2, 0) is 0 Å². The van der Waals surface area contributed by atoms with Gasteiger partial charge in [-0.1, -0.05) is 9.39 Å². The SMILES string of the molecule is CC1(N)CCN(P)CC1. The molecule has 54 valence electrons. The van der Waals surface area contributed by atoms with Gasteiger partial charge in [0.25, 0.3) is 0 Å². The molecule has 1 aliphatic rings. The Morgan fingerprint density at radius 1 is 1.44 bits per heavy atom. The first-order valence-electron chi connectivity index (χ1n) is 3.39. The zero-order chi connectivity index (χ0) is 6.91. The van der Waals surface area contributed by atoms with Crippen LogP contribution in [0.1, 0.15) is 19.8 Å². The van der Waals surface area contributed by atoms with Crippen molar-refractivity contribution < 1.29 is 0 Å². The maximum absolute atomic E-state index is 5.90. The summed E-state index contributed by atoms with van der Waals surface area (Å²) in [5.41, 5.74) is 6.01. The number of nitrogens with zero attached hydrogens (tertiary/aromatic N) is 1. The monoisotopic (exact) mass is 146 g/mol. The van der Waals surface area contributed by atoms with Crippen LogP contribution in [0.2, 0.25) is 0 Å². The summed E-state index contributed by atoms with van der Waals surface area (Å²) in [5, 5.41) is 0. The molecular weight excluding hydrogens is 131 g/mol. The van der Waals surface area contributed by atoms with Crippen LogP contribution in [0.4, 0.5) is 0 Å². The molecule has 0 aromatic rings. The first-order chi connectivity index (χ1) is 4.10. The lowest BCUT2D eigenvalue weighted by Gasteiger charge is -2.34. The summed E-state index contributed by atoms with van der Waals surface area (Å²) < 4.78 is 2.24. The Morgan fingerprint density at radius 2 is 1.89 bits per heavy atom. The number of piperidine rings is 1. The van der Waals surface area contributed by atoms with Gasteiger partial charge in [-0.2, -0.15) is 0 Å². The van der Waals surface area contributed by atoms with Crippen molar-refractivity contribution in [1.82, 2.24) is 4.67 Å². The van der Waals surface area contributed by atoms with Gasteiger partial charge in [0.15, 0.2) is 0 Å². The predicted molar refractivity (Wildman–Crippen MR) is 43.1 cm³/mol. The van der Waals surface area contributed by atoms with Gasteiger partial charge in [0.1, 0.15) is 0 Å². The molecule has 1 rings (SSSR count). The van der Waals surface area contributed by atoms with Crippen LogP contribution in [0.3, 0.4) is 0 Å². The van der Waals surface area contributed by atoms with E-state index in [1.807, 2.05) is 0 Å². The Kier molecular flexibility index (Phi) is 2.10. The standard InChI is InChI=1S/C6H15N2P/c1-6(7)2-4-8(9)5-3-6/h2-5,7,9H2,1H3. The third-order valence-electron chi connectivity index (χ3n) is 1.94. The maximum atomic E-state index is 5.90. The number of nitrogens with two attached hydrogens (primary N) is 1. The minimum Gasteiger partial charge on any atom is -0.325 e. The second kappa shape index (κ2) is 2.53. The molecule has 0 radical (unpaired) electrons. The van der Waals surface area contributed by atoms with Crippen molar-refractivity contribution in [3.8, 4) is 0 Å². The maximum Gasteiger partial charge on any atom is 0.0150 e. The first kappa shape index (κ1) is 7.46. The highest BCUT2D eigenvalue weighted by Crippen LogP contribution is 2.20. The molecule has 0 aromatic carbocycles. The highest BCUT2D eigenvalue weighted by atomic mass is 31.0. The van der Waals surface area contributed by atoms with E-state index in [0.717, 1.165) is 25.9 Å². The molecule has 1 heterocycles. The van der Waals surface area contributed by atoms with Crippen LogP contribution in [0.5, 0.6) is 0 Å². The predicted octanol–water partition coefficient (Wildman–Crippen LogP) is 0.590. The summed E-state index contributed by atoms with van der Waals surface area (Å²) in [7, 11) is 2.71. The third-order valence-corrected chi connectivity index (χ3v) is 2.46. The molecule has 1 aliphatic heterocycles. The van der Waals surface area contributed by atoms with E-state index in [0.29, 0.717) is 0 Å². The lowest BCUT2D eigenvalue weighted by Crippen LogP contribution is -2.45. The fourth-order valence-corrected chi connectivity index (χ4v) is 1.29. The fourth-order valence-electron chi connectivity index (χ4n) is 1.03. The normalized spacial score (nSPS) is 28.3. The summed E-state index contributed by atoms with van der Waals surface area (Å²) in [6, 6.07) is 0. The van der Waals surface area contributed by atoms with Crippen LogP contribution < -0.4 is 5.73 Å². The van der Waals surface area contributed by atoms with E-state index in [4.69, 9.17) is 5.73 Å². The van der Waals surface area contributed by atoms with Crippen molar-refractivity contribution in [1.29, 1.82) is 0 Å². The highest BCUT2D eigenvalue weighted by Gasteiger charge is 2.23. The van der Waals surface area contributed by atoms with Gasteiger partial charge in [-0.3, -0.25) is 4.67 Å². The molecule has 1 saturated heterocycles. The molecule has 3 heteroatoms. The fraction of sp³-hybridized carbons (Fsp3) is 1.00. The van der Waals surface area contributed by atoms with Crippen molar-refractivity contribution in [2.75, 3.05) is 13.1 Å². The van der Waals surface area contributed by atoms with Crippen molar-refractivity contribution in [3.63, 3.8) is 0 Å². The zero-order valence-electron chi connectivity index (χ0n) is 5.93. The number of hydrogen-bond acceptors (Lipinski definition) is 2. The third kappa shape index (κ3) is 2.21. The molecule has 1 fully saturated rings. The van der Waals surface area contributed by atoms with Gasteiger partial charge in [0, 0.05) is 18.6 Å². The summed E-state index contributed by atoms with van der Waals surface area (Å²) >= 11 is 0. The Bertz CT molecular complexity index is 93.2. The van der Waals surface area contributed by atoms with Gasteiger partial charge in [0.2, 0.25) is 0 Å². The van der Waals surface area contributed by atoms with Crippen LogP contribution >= 0.6 is 9.39 Å². The van der Waals surface area contributed by atoms with Crippen molar-refractivity contribution in [2.24, 2.45) is 5.73 Å². The molecule has 0 aromatic heterocycles. The van der Waals surface area contributed by atoms with E-state index in [9.17, 15) is 0 Å². The summed E-state index contributed by atoms with van der Waals surface area (Å²) in [4.78, 5) is 0. The second-order valence-electron chi connectivity index (χ2n) is 3.19. The van der Waals surface area contributed by atoms with E-state index >= 15 is 0 Å². The van der Waals surface area contributed by atoms with Crippen molar-refractivity contribution in [2.45, 2.75) is 25.3 Å². The minimum absolute atomic E-state index is 0.104. The molecule has 0 aliphatic carbocycles. The molecule has 2 nitrogen and oxygen atoms in total. The van der Waals surface area contributed by atoms with Gasteiger partial charge in [-0.25, -0.2) is 0 Å². The second-order valence-corrected chi connectivity index (χ2v) is 3.92. The number of hydrogen-bond donors (Lipinski definition) is 1. The van der Waals surface area contributed by atoms with E-state index in [1.54, 1.807) is 0 Å². The molecule has 0 amide bonds. The summed E-state index contributed by atoms with van der Waals surface area (Å²) in [5.74, 6) is 0. The van der Waals surface area contributed by atoms with Gasteiger partial charge >= 0.3 is 0 Å². The smallest absolute Gasteiger partial charge is 0.0150 e. The van der Waals surface area contributed by atoms with Gasteiger partial charge in [-0.05, 0) is 19.8 Å². The molecule has 2 N–H and O–H groups in total. The summed E-state index contributed by atoms with van der Waals surface area (Å²) in [6.07, 6.45) is 2.24. The van der Waals surface area contributed by atoms with Crippen LogP contribution in [-0.4, -0.2) is 23.3 Å². The lowest BCUT2D eigenvalue weighted by atomic mass is 9.92. The minimum atomic E-state index is 0.104. The summed E-state index contributed by atoms with van der Waals surface area (Å²) in [6.45, 7) is 4.38. The van der Waals surface area contributed by atoms with E-state index in [1.165, 1.54) is 0 Å². The van der Waals surface area contributed by atoms with Gasteiger partial charge < -0.3 is 5.73 Å². The molecule has 1 unspecified atom stereocenters. The lowest BCUT2D eigenvalue weighted by molar-refractivity contribution is 0.266. The molecule has 0 bridgehead atoms. The van der Waals surface area contributed by atoms with Gasteiger partial charge in [-0.15, -0.1) is 0 Å². The van der Waals surface area contributed by atoms with E-state index in [2.05, 4.69) is 21.0 Å². The quantitative estimate of drug-likeness (QED) is 0.507. The molecule has 9 heavy (non-hydrogen) atoms. The molecule has 0 saturated carbocycles. The van der Waals surface area contributed by atoms with Crippen LogP contribution in [0.25, 0.3) is 0 Å². The Morgan fingerprint density at radius 3 is 2.22 bits per heavy atom. The molecular formula is C6H15N2P. The van der Waals surface area contributed by atoms with Crippen molar-refractivity contribution in [3.05, 3.63) is 0 Å². The van der Waals surface area contributed by atoms with E-state index < -0.39 is 0 Å². The van der Waals surface area contributed by atoms with Crippen LogP contribution in [0, 0.1) is 0 Å². The van der Waals surface area contributed by atoms with E-state index in [-0.39, 0.29) is 5.54 Å². The largest absolute Gasteiger partial charge is 0.325 e. The highest BCUT2D eigenvalue weighted by molar-refractivity contribution is 7.13. The average Bonchev–Trinajstić information content (AvgIpc) is 1.78. The Hall–Kier alpha value is 0.350. The average molecular weight is 146 g/mol. The van der Waals surface area contributed by atoms with Gasteiger partial charge in [0.05, 0.1) is 0 Å². The Balaban J connectivity index is 2.35. The first-order valence-corrected chi connectivity index (χ1v) is 3.90. The number of rotatable bonds is 0. The molecule has 1 atom stereocenters. The molecule has 0 spiro atoms. The van der Waals surface area contributed by atoms with Crippen molar-refractivity contribution >= 4 is 9.39 Å².